The number of nitrogens with zero attached hydrogens (tertiary/aromatic N) is 2. The van der Waals surface area contributed by atoms with E-state index in [0.717, 1.165) is 27.2 Å². The summed E-state index contributed by atoms with van der Waals surface area (Å²) in [5.74, 6) is -2.32. The van der Waals surface area contributed by atoms with E-state index in [1.165, 1.54) is 4.90 Å². The van der Waals surface area contributed by atoms with Gasteiger partial charge in [-0.1, -0.05) is 60.7 Å². The summed E-state index contributed by atoms with van der Waals surface area (Å²) in [6.45, 7) is 0.204. The second-order valence-corrected chi connectivity index (χ2v) is 10.3. The van der Waals surface area contributed by atoms with E-state index < -0.39 is 29.8 Å². The third-order valence-electron chi connectivity index (χ3n) is 8.21. The number of hydrogen-bond donors (Lipinski definition) is 1. The molecule has 8 heteroatoms. The first-order valence-electron chi connectivity index (χ1n) is 13.2. The standard InChI is InChI=1S/C31H28N2O6/c34-28-25-11-5-6-12-26(25)29(35)33(28)16-15-32(20-14-13-19(17-20)30(36)37)31(38)39-18-27-23-9-3-1-7-21(23)22-8-2-4-10-24(22)27/h1-12,19-20,27H,13-18H2,(H,36,37). The fourth-order valence-electron chi connectivity index (χ4n) is 6.21. The topological polar surface area (TPSA) is 104 Å². The molecule has 1 N–H and O–H groups in total. The first-order chi connectivity index (χ1) is 18.9. The Morgan fingerprint density at radius 3 is 1.90 bits per heavy atom. The van der Waals surface area contributed by atoms with E-state index in [9.17, 15) is 24.3 Å². The van der Waals surface area contributed by atoms with Crippen LogP contribution in [0.2, 0.25) is 0 Å². The highest BCUT2D eigenvalue weighted by Crippen LogP contribution is 2.44. The lowest BCUT2D eigenvalue weighted by molar-refractivity contribution is -0.141. The van der Waals surface area contributed by atoms with Crippen molar-refractivity contribution in [2.24, 2.45) is 5.92 Å². The number of benzene rings is 3. The molecule has 6 rings (SSSR count). The quantitative estimate of drug-likeness (QED) is 0.446. The van der Waals surface area contributed by atoms with Crippen LogP contribution in [0.3, 0.4) is 0 Å². The molecule has 0 aromatic heterocycles. The number of hydrogen-bond acceptors (Lipinski definition) is 5. The molecular weight excluding hydrogens is 496 g/mol. The van der Waals surface area contributed by atoms with Crippen molar-refractivity contribution in [3.05, 3.63) is 95.1 Å². The summed E-state index contributed by atoms with van der Waals surface area (Å²) in [5.41, 5.74) is 5.13. The van der Waals surface area contributed by atoms with Crippen LogP contribution in [-0.2, 0) is 9.53 Å². The fraction of sp³-hybridized carbons (Fsp3) is 0.290. The smallest absolute Gasteiger partial charge is 0.410 e. The molecule has 3 aromatic carbocycles. The molecule has 2 atom stereocenters. The highest BCUT2D eigenvalue weighted by atomic mass is 16.6. The third kappa shape index (κ3) is 4.35. The zero-order valence-corrected chi connectivity index (χ0v) is 21.3. The Balaban J connectivity index is 1.20. The van der Waals surface area contributed by atoms with Gasteiger partial charge in [-0.05, 0) is 53.6 Å². The van der Waals surface area contributed by atoms with Gasteiger partial charge in [-0.3, -0.25) is 19.3 Å². The summed E-state index contributed by atoms with van der Waals surface area (Å²) < 4.78 is 5.89. The molecule has 0 saturated heterocycles. The minimum atomic E-state index is -0.884. The largest absolute Gasteiger partial charge is 0.481 e. The molecule has 1 fully saturated rings. The molecule has 0 bridgehead atoms. The molecular formula is C31H28N2O6. The zero-order chi connectivity index (χ0) is 27.1. The molecule has 198 valence electrons. The second-order valence-electron chi connectivity index (χ2n) is 10.3. The molecule has 2 unspecified atom stereocenters. The van der Waals surface area contributed by atoms with E-state index in [2.05, 4.69) is 12.1 Å². The van der Waals surface area contributed by atoms with E-state index in [1.54, 1.807) is 24.3 Å². The molecule has 1 heterocycles. The predicted molar refractivity (Wildman–Crippen MR) is 142 cm³/mol. The Morgan fingerprint density at radius 2 is 1.36 bits per heavy atom. The van der Waals surface area contributed by atoms with Crippen molar-refractivity contribution in [1.82, 2.24) is 9.80 Å². The monoisotopic (exact) mass is 524 g/mol. The van der Waals surface area contributed by atoms with Crippen molar-refractivity contribution in [3.8, 4) is 11.1 Å². The number of carbonyl (C=O) groups excluding carboxylic acids is 3. The Bertz CT molecular complexity index is 1400. The van der Waals surface area contributed by atoms with E-state index in [4.69, 9.17) is 4.74 Å². The summed E-state index contributed by atoms with van der Waals surface area (Å²) >= 11 is 0. The van der Waals surface area contributed by atoms with E-state index in [0.29, 0.717) is 30.4 Å². The fourth-order valence-corrected chi connectivity index (χ4v) is 6.21. The SMILES string of the molecule is O=C(O)C1CCC(N(CCN2C(=O)c3ccccc3C2=O)C(=O)OCC2c3ccccc3-c3ccccc32)C1. The first-order valence-corrected chi connectivity index (χ1v) is 13.2. The van der Waals surface area contributed by atoms with Gasteiger partial charge < -0.3 is 14.7 Å². The summed E-state index contributed by atoms with van der Waals surface area (Å²) in [5, 5.41) is 9.52. The molecule has 2 aliphatic carbocycles. The van der Waals surface area contributed by atoms with Crippen LogP contribution >= 0.6 is 0 Å². The lowest BCUT2D eigenvalue weighted by Gasteiger charge is -2.30. The van der Waals surface area contributed by atoms with Crippen LogP contribution in [0.5, 0.6) is 0 Å². The van der Waals surface area contributed by atoms with Gasteiger partial charge in [0.15, 0.2) is 0 Å². The molecule has 0 spiro atoms. The maximum absolute atomic E-state index is 13.5. The lowest BCUT2D eigenvalue weighted by Crippen LogP contribution is -2.45. The highest BCUT2D eigenvalue weighted by Gasteiger charge is 2.39. The number of imide groups is 1. The van der Waals surface area contributed by atoms with Gasteiger partial charge in [0.05, 0.1) is 17.0 Å². The second kappa shape index (κ2) is 10.0. The molecule has 3 aromatic rings. The molecule has 8 nitrogen and oxygen atoms in total. The van der Waals surface area contributed by atoms with Gasteiger partial charge in [0.2, 0.25) is 0 Å². The summed E-state index contributed by atoms with van der Waals surface area (Å²) in [6.07, 6.45) is 0.718. The van der Waals surface area contributed by atoms with Gasteiger partial charge in [-0.2, -0.15) is 0 Å². The zero-order valence-electron chi connectivity index (χ0n) is 21.3. The van der Waals surface area contributed by atoms with E-state index >= 15 is 0 Å². The number of carboxylic acids is 1. The number of carboxylic acid groups (broad SMARTS) is 1. The Labute approximate surface area is 225 Å². The Morgan fingerprint density at radius 1 is 0.821 bits per heavy atom. The van der Waals surface area contributed by atoms with Crippen LogP contribution in [0.1, 0.15) is 57.0 Å². The van der Waals surface area contributed by atoms with Gasteiger partial charge in [0.25, 0.3) is 11.8 Å². The van der Waals surface area contributed by atoms with E-state index in [-0.39, 0.29) is 31.7 Å². The van der Waals surface area contributed by atoms with Crippen molar-refractivity contribution >= 4 is 23.9 Å². The minimum absolute atomic E-state index is 0.00474. The van der Waals surface area contributed by atoms with Crippen molar-refractivity contribution in [1.29, 1.82) is 0 Å². The van der Waals surface area contributed by atoms with Crippen molar-refractivity contribution in [2.75, 3.05) is 19.7 Å². The first kappa shape index (κ1) is 24.9. The number of amides is 3. The summed E-state index contributed by atoms with van der Waals surface area (Å²) in [4.78, 5) is 53.6. The summed E-state index contributed by atoms with van der Waals surface area (Å²) in [7, 11) is 0. The maximum Gasteiger partial charge on any atom is 0.410 e. The van der Waals surface area contributed by atoms with Crippen molar-refractivity contribution in [3.63, 3.8) is 0 Å². The van der Waals surface area contributed by atoms with Crippen LogP contribution in [0, 0.1) is 5.92 Å². The molecule has 0 radical (unpaired) electrons. The molecule has 39 heavy (non-hydrogen) atoms. The van der Waals surface area contributed by atoms with Gasteiger partial charge in [0, 0.05) is 25.0 Å². The molecule has 1 saturated carbocycles. The normalized spacial score (nSPS) is 19.5. The van der Waals surface area contributed by atoms with Crippen molar-refractivity contribution in [2.45, 2.75) is 31.2 Å². The molecule has 3 aliphatic rings. The average molecular weight is 525 g/mol. The third-order valence-corrected chi connectivity index (χ3v) is 8.21. The van der Waals surface area contributed by atoms with Crippen LogP contribution in [-0.4, -0.2) is 64.5 Å². The van der Waals surface area contributed by atoms with Crippen molar-refractivity contribution < 1.29 is 29.0 Å². The molecule has 3 amide bonds. The number of fused-ring (bicyclic) bond motifs is 4. The van der Waals surface area contributed by atoms with Gasteiger partial charge >= 0.3 is 12.1 Å². The number of rotatable bonds is 7. The highest BCUT2D eigenvalue weighted by molar-refractivity contribution is 6.21. The van der Waals surface area contributed by atoms with Crippen LogP contribution in [0.15, 0.2) is 72.8 Å². The number of aliphatic carboxylic acids is 1. The lowest BCUT2D eigenvalue weighted by atomic mass is 9.98. The van der Waals surface area contributed by atoms with Gasteiger partial charge in [-0.25, -0.2) is 4.79 Å². The summed E-state index contributed by atoms with van der Waals surface area (Å²) in [6, 6.07) is 22.4. The minimum Gasteiger partial charge on any atom is -0.481 e. The Hall–Kier alpha value is -4.46. The van der Waals surface area contributed by atoms with Crippen LogP contribution in [0.25, 0.3) is 11.1 Å². The molecule has 1 aliphatic heterocycles. The maximum atomic E-state index is 13.5. The number of ether oxygens (including phenoxy) is 1. The predicted octanol–water partition coefficient (Wildman–Crippen LogP) is 4.79. The average Bonchev–Trinajstić information content (AvgIpc) is 3.63. The van der Waals surface area contributed by atoms with Crippen LogP contribution in [0.4, 0.5) is 4.79 Å². The number of carbonyl (C=O) groups is 4. The van der Waals surface area contributed by atoms with Gasteiger partial charge in [-0.15, -0.1) is 0 Å². The Kier molecular flexibility index (Phi) is 6.38. The van der Waals surface area contributed by atoms with Crippen LogP contribution < -0.4 is 0 Å². The van der Waals surface area contributed by atoms with Gasteiger partial charge in [0.1, 0.15) is 6.61 Å². The van der Waals surface area contributed by atoms with E-state index in [1.807, 2.05) is 36.4 Å².